The van der Waals surface area contributed by atoms with Gasteiger partial charge < -0.3 is 0 Å². The normalized spacial score (nSPS) is 24.6. The van der Waals surface area contributed by atoms with Gasteiger partial charge in [-0.2, -0.15) is 13.2 Å². The number of hydrogen-bond donors (Lipinski definition) is 0. The molecular weight excluding hydrogens is 220 g/mol. The minimum absolute atomic E-state index is 0.783. The van der Waals surface area contributed by atoms with Crippen LogP contribution in [0.1, 0.15) is 11.9 Å². The highest BCUT2D eigenvalue weighted by atomic mass is 127. The van der Waals surface area contributed by atoms with Crippen molar-refractivity contribution in [1.29, 1.82) is 0 Å². The second-order valence-electron chi connectivity index (χ2n) is 0.717. The number of hydrogen-bond acceptors (Lipinski definition) is 0. The van der Waals surface area contributed by atoms with Gasteiger partial charge in [-0.3, -0.25) is 0 Å². The summed E-state index contributed by atoms with van der Waals surface area (Å²) in [6, 6.07) is 0. The van der Waals surface area contributed by atoms with E-state index in [2.05, 4.69) is 0 Å². The van der Waals surface area contributed by atoms with Gasteiger partial charge >= 0.3 is 6.18 Å². The van der Waals surface area contributed by atoms with E-state index >= 15 is 0 Å². The number of halogens is 4. The second kappa shape index (κ2) is 2.74. The highest BCUT2D eigenvalue weighted by molar-refractivity contribution is 14.1. The van der Waals surface area contributed by atoms with Gasteiger partial charge in [0.2, 0.25) is 0 Å². The molecule has 0 rings (SSSR count). The van der Waals surface area contributed by atoms with Crippen molar-refractivity contribution < 1.29 is 18.7 Å². The van der Waals surface area contributed by atoms with E-state index in [1.165, 1.54) is 0 Å². The number of alkyl halides is 4. The minimum atomic E-state index is -5.17. The molecular formula is C3H4F3I. The summed E-state index contributed by atoms with van der Waals surface area (Å²) >= 11 is 0.783. The molecule has 0 aromatic carbocycles. The lowest BCUT2D eigenvalue weighted by Gasteiger charge is -1.99. The van der Waals surface area contributed by atoms with Crippen molar-refractivity contribution in [2.24, 2.45) is 0 Å². The fourth-order valence-electron chi connectivity index (χ4n) is 0.0536. The van der Waals surface area contributed by atoms with Crippen LogP contribution in [-0.4, -0.2) is 10.6 Å². The van der Waals surface area contributed by atoms with Crippen LogP contribution in [0.25, 0.3) is 0 Å². The van der Waals surface area contributed by atoms with E-state index in [1.807, 2.05) is 0 Å². The zero-order chi connectivity index (χ0) is 9.50. The van der Waals surface area contributed by atoms with E-state index in [4.69, 9.17) is 5.48 Å². The Balaban J connectivity index is 4.75. The Bertz CT molecular complexity index is 132. The van der Waals surface area contributed by atoms with Crippen LogP contribution in [0.4, 0.5) is 13.2 Å². The van der Waals surface area contributed by atoms with Crippen LogP contribution >= 0.6 is 22.6 Å². The molecule has 0 amide bonds. The third-order valence-corrected chi connectivity index (χ3v) is 0.459. The summed E-state index contributed by atoms with van der Waals surface area (Å²) in [5.74, 6) is 0. The quantitative estimate of drug-likeness (QED) is 0.477. The second-order valence-corrected chi connectivity index (χ2v) is 1.26. The molecule has 0 aliphatic rings. The third-order valence-electron chi connectivity index (χ3n) is 0.189. The van der Waals surface area contributed by atoms with E-state index in [-0.39, 0.29) is 0 Å². The van der Waals surface area contributed by atoms with E-state index in [9.17, 15) is 13.2 Å². The average molecular weight is 228 g/mol. The fourth-order valence-corrected chi connectivity index (χ4v) is 0.359. The molecule has 0 heterocycles. The highest BCUT2D eigenvalue weighted by Gasteiger charge is 2.25. The summed E-state index contributed by atoms with van der Waals surface area (Å²) in [6.07, 6.45) is -8.97. The first-order chi connectivity index (χ1) is 4.50. The van der Waals surface area contributed by atoms with Crippen LogP contribution in [0.2, 0.25) is 0 Å². The topological polar surface area (TPSA) is 0 Å². The summed E-state index contributed by atoms with van der Waals surface area (Å²) < 4.78 is 58.1. The van der Waals surface area contributed by atoms with Gasteiger partial charge in [-0.1, -0.05) is 22.6 Å². The Morgan fingerprint density at radius 1 is 1.57 bits per heavy atom. The van der Waals surface area contributed by atoms with E-state index in [0.29, 0.717) is 0 Å². The average Bonchev–Trinajstić information content (AvgIpc) is 1.58. The van der Waals surface area contributed by atoms with Crippen molar-refractivity contribution >= 4 is 22.6 Å². The standard InChI is InChI=1S/C3H4F3I/c4-3(5,6)1-2-7/h1-2H2/i1D2,2D2. The first-order valence-corrected chi connectivity index (χ1v) is 2.33. The van der Waals surface area contributed by atoms with Gasteiger partial charge in [0.15, 0.2) is 0 Å². The molecule has 0 spiro atoms. The van der Waals surface area contributed by atoms with Gasteiger partial charge in [-0.25, -0.2) is 0 Å². The molecule has 0 aromatic heterocycles. The van der Waals surface area contributed by atoms with Gasteiger partial charge in [0.1, 0.15) is 0 Å². The largest absolute Gasteiger partial charge is 0.389 e. The van der Waals surface area contributed by atoms with Gasteiger partial charge in [0.25, 0.3) is 0 Å². The van der Waals surface area contributed by atoms with Crippen molar-refractivity contribution in [1.82, 2.24) is 0 Å². The molecule has 0 saturated heterocycles. The molecule has 4 heteroatoms. The predicted molar refractivity (Wildman–Crippen MR) is 29.6 cm³/mol. The maximum atomic E-state index is 11.7. The Labute approximate surface area is 58.8 Å². The smallest absolute Gasteiger partial charge is 0.171 e. The van der Waals surface area contributed by atoms with Crippen LogP contribution in [0.5, 0.6) is 0 Å². The van der Waals surface area contributed by atoms with E-state index < -0.39 is 16.9 Å². The zero-order valence-corrected chi connectivity index (χ0v) is 5.17. The van der Waals surface area contributed by atoms with Crippen molar-refractivity contribution in [2.75, 3.05) is 4.38 Å². The van der Waals surface area contributed by atoms with Gasteiger partial charge in [0, 0.05) is 9.86 Å². The lowest BCUT2D eigenvalue weighted by molar-refractivity contribution is -0.129. The lowest BCUT2D eigenvalue weighted by Crippen LogP contribution is -2.06. The van der Waals surface area contributed by atoms with Crippen LogP contribution in [0.15, 0.2) is 0 Å². The van der Waals surface area contributed by atoms with Crippen molar-refractivity contribution in [3.63, 3.8) is 0 Å². The molecule has 0 radical (unpaired) electrons. The maximum Gasteiger partial charge on any atom is 0.389 e. The first kappa shape index (κ1) is 2.89. The molecule has 0 unspecified atom stereocenters. The van der Waals surface area contributed by atoms with Crippen LogP contribution in [0, 0.1) is 0 Å². The summed E-state index contributed by atoms with van der Waals surface area (Å²) in [6.45, 7) is 0. The molecule has 0 N–H and O–H groups in total. The van der Waals surface area contributed by atoms with E-state index in [0.717, 1.165) is 22.6 Å². The monoisotopic (exact) mass is 228 g/mol. The van der Waals surface area contributed by atoms with E-state index in [1.54, 1.807) is 0 Å². The summed E-state index contributed by atoms with van der Waals surface area (Å²) in [7, 11) is 0. The third kappa shape index (κ3) is 6.52. The molecule has 0 fully saturated rings. The molecule has 0 aromatic rings. The maximum absolute atomic E-state index is 11.7. The first-order valence-electron chi connectivity index (χ1n) is 3.26. The Morgan fingerprint density at radius 3 is 2.00 bits per heavy atom. The minimum Gasteiger partial charge on any atom is -0.171 e. The summed E-state index contributed by atoms with van der Waals surface area (Å²) in [5.41, 5.74) is 0. The van der Waals surface area contributed by atoms with Gasteiger partial charge in [0.05, 0.1) is 6.37 Å². The van der Waals surface area contributed by atoms with Crippen molar-refractivity contribution in [3.8, 4) is 0 Å². The Morgan fingerprint density at radius 2 is 2.00 bits per heavy atom. The SMILES string of the molecule is [2H]C([2H])(I)C([2H])([2H])C(F)(F)F. The number of rotatable bonds is 1. The molecule has 0 aliphatic heterocycles. The molecule has 0 atom stereocenters. The van der Waals surface area contributed by atoms with Crippen molar-refractivity contribution in [2.45, 2.75) is 12.5 Å². The molecule has 0 bridgehead atoms. The highest BCUT2D eigenvalue weighted by Crippen LogP contribution is 2.19. The summed E-state index contributed by atoms with van der Waals surface area (Å²) in [5, 5.41) is 0. The Hall–Kier alpha value is 0.520. The fraction of sp³-hybridized carbons (Fsp3) is 1.00. The lowest BCUT2D eigenvalue weighted by atomic mass is 10.5. The van der Waals surface area contributed by atoms with Gasteiger partial charge in [-0.05, 0) is 0 Å². The zero-order valence-electron chi connectivity index (χ0n) is 7.01. The summed E-state index contributed by atoms with van der Waals surface area (Å²) in [4.78, 5) is 0. The Kier molecular flexibility index (Phi) is 1.13. The predicted octanol–water partition coefficient (Wildman–Crippen LogP) is 2.37. The molecule has 0 saturated carbocycles. The molecule has 7 heavy (non-hydrogen) atoms. The van der Waals surface area contributed by atoms with Gasteiger partial charge in [-0.15, -0.1) is 0 Å². The van der Waals surface area contributed by atoms with Crippen molar-refractivity contribution in [3.05, 3.63) is 0 Å². The van der Waals surface area contributed by atoms with Crippen LogP contribution < -0.4 is 0 Å². The molecule has 44 valence electrons. The molecule has 0 nitrogen and oxygen atoms in total. The molecule has 0 aliphatic carbocycles. The van der Waals surface area contributed by atoms with Crippen LogP contribution in [-0.2, 0) is 0 Å². The van der Waals surface area contributed by atoms with Crippen LogP contribution in [0.3, 0.4) is 0 Å².